The van der Waals surface area contributed by atoms with Gasteiger partial charge in [-0.3, -0.25) is 9.59 Å². The van der Waals surface area contributed by atoms with Gasteiger partial charge in [-0.05, 0) is 49.2 Å². The first-order valence-corrected chi connectivity index (χ1v) is 10.7. The fraction of sp³-hybridized carbons (Fsp3) is 0.300. The largest absolute Gasteiger partial charge is 0.338 e. The van der Waals surface area contributed by atoms with E-state index in [0.717, 1.165) is 24.8 Å². The van der Waals surface area contributed by atoms with E-state index in [1.54, 1.807) is 4.90 Å². The molecule has 1 fully saturated rings. The Morgan fingerprint density at radius 2 is 1.70 bits per heavy atom. The van der Waals surface area contributed by atoms with Crippen molar-refractivity contribution in [2.75, 3.05) is 24.7 Å². The smallest absolute Gasteiger partial charge is 0.253 e. The number of benzene rings is 2. The fourth-order valence-electron chi connectivity index (χ4n) is 3.17. The summed E-state index contributed by atoms with van der Waals surface area (Å²) >= 11 is 0. The molecule has 3 rings (SSSR count). The molecule has 1 unspecified atom stereocenters. The maximum absolute atomic E-state index is 12.7. The van der Waals surface area contributed by atoms with Gasteiger partial charge in [-0.1, -0.05) is 18.2 Å². The van der Waals surface area contributed by atoms with Crippen LogP contribution < -0.4 is 5.32 Å². The highest BCUT2D eigenvalue weighted by atomic mass is 32.2. The van der Waals surface area contributed by atoms with Crippen LogP contribution >= 0.6 is 0 Å². The van der Waals surface area contributed by atoms with Crippen LogP contribution in [-0.2, 0) is 14.6 Å². The Labute approximate surface area is 159 Å². The molecule has 142 valence electrons. The van der Waals surface area contributed by atoms with Crippen molar-refractivity contribution in [3.63, 3.8) is 0 Å². The molecule has 2 amide bonds. The van der Waals surface area contributed by atoms with Crippen LogP contribution in [0.5, 0.6) is 0 Å². The number of amides is 2. The van der Waals surface area contributed by atoms with Gasteiger partial charge in [-0.15, -0.1) is 0 Å². The third-order valence-corrected chi connectivity index (χ3v) is 5.78. The lowest BCUT2D eigenvalue weighted by Gasteiger charge is -2.32. The highest BCUT2D eigenvalue weighted by Crippen LogP contribution is 2.21. The number of carbonyl (C=O) groups is 2. The lowest BCUT2D eigenvalue weighted by Crippen LogP contribution is -2.43. The van der Waals surface area contributed by atoms with Gasteiger partial charge in [0.05, 0.1) is 10.8 Å². The van der Waals surface area contributed by atoms with E-state index < -0.39 is 9.84 Å². The molecule has 1 heterocycles. The molecular weight excluding hydrogens is 364 g/mol. The maximum Gasteiger partial charge on any atom is 0.253 e. The van der Waals surface area contributed by atoms with Crippen LogP contribution in [0.1, 0.15) is 23.2 Å². The van der Waals surface area contributed by atoms with Crippen molar-refractivity contribution >= 4 is 27.3 Å². The number of hydrogen-bond acceptors (Lipinski definition) is 4. The molecule has 1 aliphatic heterocycles. The predicted octanol–water partition coefficient (Wildman–Crippen LogP) is 2.58. The summed E-state index contributed by atoms with van der Waals surface area (Å²) in [7, 11) is -3.30. The average molecular weight is 386 g/mol. The normalized spacial score (nSPS) is 17.4. The van der Waals surface area contributed by atoms with Gasteiger partial charge in [0.1, 0.15) is 0 Å². The topological polar surface area (TPSA) is 83.6 Å². The number of anilines is 1. The molecule has 0 radical (unpaired) electrons. The Hall–Kier alpha value is -2.67. The van der Waals surface area contributed by atoms with Crippen LogP contribution in [0.25, 0.3) is 0 Å². The number of rotatable bonds is 4. The van der Waals surface area contributed by atoms with E-state index in [2.05, 4.69) is 5.32 Å². The number of sulfone groups is 1. The molecule has 1 aliphatic rings. The van der Waals surface area contributed by atoms with Crippen molar-refractivity contribution < 1.29 is 18.0 Å². The Bertz CT molecular complexity index is 924. The number of nitrogens with zero attached hydrogens (tertiary/aromatic N) is 1. The van der Waals surface area contributed by atoms with Crippen molar-refractivity contribution in [3.8, 4) is 0 Å². The standard InChI is InChI=1S/C20H22N2O4S/c1-27(25,26)18-11-9-15(10-12-18)20(24)22-13-5-6-16(14-22)19(23)21-17-7-3-2-4-8-17/h2-4,7-12,16H,5-6,13-14H2,1H3,(H,21,23). The zero-order valence-corrected chi connectivity index (χ0v) is 15.9. The second kappa shape index (κ2) is 7.92. The molecule has 1 N–H and O–H groups in total. The van der Waals surface area contributed by atoms with Gasteiger partial charge in [0.2, 0.25) is 5.91 Å². The van der Waals surface area contributed by atoms with Crippen LogP contribution in [0, 0.1) is 5.92 Å². The van der Waals surface area contributed by atoms with E-state index in [4.69, 9.17) is 0 Å². The minimum atomic E-state index is -3.30. The highest BCUT2D eigenvalue weighted by molar-refractivity contribution is 7.90. The van der Waals surface area contributed by atoms with Crippen molar-refractivity contribution in [1.29, 1.82) is 0 Å². The first-order valence-electron chi connectivity index (χ1n) is 8.80. The molecule has 1 atom stereocenters. The third kappa shape index (κ3) is 4.74. The van der Waals surface area contributed by atoms with Crippen molar-refractivity contribution in [1.82, 2.24) is 4.90 Å². The number of para-hydroxylation sites is 1. The minimum absolute atomic E-state index is 0.0916. The van der Waals surface area contributed by atoms with Gasteiger partial charge in [-0.2, -0.15) is 0 Å². The summed E-state index contributed by atoms with van der Waals surface area (Å²) in [5.41, 5.74) is 1.16. The van der Waals surface area contributed by atoms with Gasteiger partial charge in [-0.25, -0.2) is 8.42 Å². The SMILES string of the molecule is CS(=O)(=O)c1ccc(C(=O)N2CCCC(C(=O)Nc3ccccc3)C2)cc1. The summed E-state index contributed by atoms with van der Waals surface area (Å²) in [6, 6.07) is 15.2. The summed E-state index contributed by atoms with van der Waals surface area (Å²) in [5, 5.41) is 2.89. The maximum atomic E-state index is 12.7. The molecule has 7 heteroatoms. The summed E-state index contributed by atoms with van der Waals surface area (Å²) in [4.78, 5) is 27.1. The Balaban J connectivity index is 1.66. The number of nitrogens with one attached hydrogen (secondary N) is 1. The highest BCUT2D eigenvalue weighted by Gasteiger charge is 2.29. The van der Waals surface area contributed by atoms with Crippen LogP contribution in [0.4, 0.5) is 5.69 Å². The van der Waals surface area contributed by atoms with Gasteiger partial charge < -0.3 is 10.2 Å². The van der Waals surface area contributed by atoms with Gasteiger partial charge in [0.25, 0.3) is 5.91 Å². The first-order chi connectivity index (χ1) is 12.8. The second-order valence-electron chi connectivity index (χ2n) is 6.74. The van der Waals surface area contributed by atoms with Crippen molar-refractivity contribution in [3.05, 3.63) is 60.2 Å². The van der Waals surface area contributed by atoms with Gasteiger partial charge >= 0.3 is 0 Å². The second-order valence-corrected chi connectivity index (χ2v) is 8.76. The lowest BCUT2D eigenvalue weighted by molar-refractivity contribution is -0.121. The summed E-state index contributed by atoms with van der Waals surface area (Å²) in [5.74, 6) is -0.545. The van der Waals surface area contributed by atoms with Crippen molar-refractivity contribution in [2.24, 2.45) is 5.92 Å². The van der Waals surface area contributed by atoms with E-state index >= 15 is 0 Å². The first kappa shape index (κ1) is 19.1. The van der Waals surface area contributed by atoms with E-state index in [1.807, 2.05) is 30.3 Å². The molecule has 0 bridgehead atoms. The molecule has 0 spiro atoms. The van der Waals surface area contributed by atoms with Gasteiger partial charge in [0.15, 0.2) is 9.84 Å². The average Bonchev–Trinajstić information content (AvgIpc) is 2.68. The van der Waals surface area contributed by atoms with Crippen LogP contribution in [-0.4, -0.2) is 44.5 Å². The van der Waals surface area contributed by atoms with Crippen LogP contribution in [0.3, 0.4) is 0 Å². The molecule has 0 aromatic heterocycles. The van der Waals surface area contributed by atoms with E-state index in [9.17, 15) is 18.0 Å². The van der Waals surface area contributed by atoms with Crippen LogP contribution in [0.2, 0.25) is 0 Å². The Kier molecular flexibility index (Phi) is 5.60. The van der Waals surface area contributed by atoms with Gasteiger partial charge in [0, 0.05) is 30.6 Å². The molecule has 2 aromatic carbocycles. The number of carbonyl (C=O) groups excluding carboxylic acids is 2. The minimum Gasteiger partial charge on any atom is -0.338 e. The summed E-state index contributed by atoms with van der Waals surface area (Å²) in [6.07, 6.45) is 2.61. The number of hydrogen-bond donors (Lipinski definition) is 1. The van der Waals surface area contributed by atoms with E-state index in [-0.39, 0.29) is 22.6 Å². The Morgan fingerprint density at radius 1 is 1.04 bits per heavy atom. The summed E-state index contributed by atoms with van der Waals surface area (Å²) < 4.78 is 23.1. The third-order valence-electron chi connectivity index (χ3n) is 4.65. The van der Waals surface area contributed by atoms with E-state index in [1.165, 1.54) is 24.3 Å². The quantitative estimate of drug-likeness (QED) is 0.875. The van der Waals surface area contributed by atoms with Crippen molar-refractivity contribution in [2.45, 2.75) is 17.7 Å². The van der Waals surface area contributed by atoms with Crippen LogP contribution in [0.15, 0.2) is 59.5 Å². The fourth-order valence-corrected chi connectivity index (χ4v) is 3.80. The molecular formula is C20H22N2O4S. The Morgan fingerprint density at radius 3 is 2.33 bits per heavy atom. The monoisotopic (exact) mass is 386 g/mol. The zero-order valence-electron chi connectivity index (χ0n) is 15.1. The number of likely N-dealkylation sites (tertiary alicyclic amines) is 1. The molecule has 1 saturated heterocycles. The molecule has 27 heavy (non-hydrogen) atoms. The lowest BCUT2D eigenvalue weighted by atomic mass is 9.96. The zero-order chi connectivity index (χ0) is 19.4. The molecule has 0 aliphatic carbocycles. The molecule has 0 saturated carbocycles. The summed E-state index contributed by atoms with van der Waals surface area (Å²) in [6.45, 7) is 0.938. The predicted molar refractivity (Wildman–Crippen MR) is 103 cm³/mol. The number of piperidine rings is 1. The molecule has 6 nitrogen and oxygen atoms in total. The van der Waals surface area contributed by atoms with E-state index in [0.29, 0.717) is 18.7 Å². The molecule has 2 aromatic rings.